The van der Waals surface area contributed by atoms with Crippen LogP contribution in [-0.4, -0.2) is 27.8 Å². The van der Waals surface area contributed by atoms with Crippen molar-refractivity contribution >= 4 is 5.97 Å². The van der Waals surface area contributed by atoms with Crippen LogP contribution in [0.25, 0.3) is 0 Å². The van der Waals surface area contributed by atoms with Crippen molar-refractivity contribution in [2.75, 3.05) is 6.54 Å². The van der Waals surface area contributed by atoms with Crippen molar-refractivity contribution in [3.8, 4) is 0 Å². The third-order valence-corrected chi connectivity index (χ3v) is 3.48. The summed E-state index contributed by atoms with van der Waals surface area (Å²) in [4.78, 5) is 15.2. The maximum Gasteiger partial charge on any atom is 0.306 e. The molecular formula is C12H19N3O3. The second-order valence-electron chi connectivity index (χ2n) is 4.86. The molecule has 1 heterocycles. The molecule has 0 aliphatic heterocycles. The van der Waals surface area contributed by atoms with Crippen LogP contribution in [0.15, 0.2) is 4.52 Å². The van der Waals surface area contributed by atoms with Crippen molar-refractivity contribution in [2.24, 2.45) is 11.8 Å². The van der Waals surface area contributed by atoms with Crippen LogP contribution in [-0.2, 0) is 11.3 Å². The molecule has 100 valence electrons. The molecule has 2 rings (SSSR count). The monoisotopic (exact) mass is 253 g/mol. The molecule has 2 N–H and O–H groups in total. The van der Waals surface area contributed by atoms with Gasteiger partial charge in [-0.2, -0.15) is 4.98 Å². The van der Waals surface area contributed by atoms with Gasteiger partial charge in [0.15, 0.2) is 5.82 Å². The standard InChI is InChI=1S/C12H19N3O3/c1-8-14-11(18-15-8)7-13-6-9-4-2-3-5-10(9)12(16)17/h9-10,13H,2-7H2,1H3,(H,16,17). The lowest BCUT2D eigenvalue weighted by molar-refractivity contribution is -0.144. The van der Waals surface area contributed by atoms with Crippen molar-refractivity contribution < 1.29 is 14.4 Å². The number of hydrogen-bond acceptors (Lipinski definition) is 5. The van der Waals surface area contributed by atoms with Crippen LogP contribution >= 0.6 is 0 Å². The minimum atomic E-state index is -0.671. The molecular weight excluding hydrogens is 234 g/mol. The number of carboxylic acids is 1. The Bertz CT molecular complexity index is 405. The van der Waals surface area contributed by atoms with Crippen LogP contribution in [0, 0.1) is 18.8 Å². The van der Waals surface area contributed by atoms with E-state index >= 15 is 0 Å². The first-order valence-corrected chi connectivity index (χ1v) is 6.39. The Hall–Kier alpha value is -1.43. The third kappa shape index (κ3) is 3.29. The zero-order valence-corrected chi connectivity index (χ0v) is 10.6. The summed E-state index contributed by atoms with van der Waals surface area (Å²) in [5.41, 5.74) is 0. The SMILES string of the molecule is Cc1noc(CNCC2CCCCC2C(=O)O)n1. The minimum absolute atomic E-state index is 0.209. The Kier molecular flexibility index (Phi) is 4.30. The van der Waals surface area contributed by atoms with Gasteiger partial charge < -0.3 is 14.9 Å². The fourth-order valence-corrected chi connectivity index (χ4v) is 2.55. The van der Waals surface area contributed by atoms with Gasteiger partial charge in [-0.1, -0.05) is 18.0 Å². The fourth-order valence-electron chi connectivity index (χ4n) is 2.55. The Morgan fingerprint density at radius 1 is 1.50 bits per heavy atom. The molecule has 0 spiro atoms. The minimum Gasteiger partial charge on any atom is -0.481 e. The van der Waals surface area contributed by atoms with Gasteiger partial charge in [-0.15, -0.1) is 0 Å². The van der Waals surface area contributed by atoms with Gasteiger partial charge in [0, 0.05) is 0 Å². The third-order valence-electron chi connectivity index (χ3n) is 3.48. The van der Waals surface area contributed by atoms with Crippen molar-refractivity contribution in [1.82, 2.24) is 15.5 Å². The summed E-state index contributed by atoms with van der Waals surface area (Å²) in [5.74, 6) is 0.495. The second-order valence-corrected chi connectivity index (χ2v) is 4.86. The van der Waals surface area contributed by atoms with Gasteiger partial charge >= 0.3 is 5.97 Å². The number of hydrogen-bond donors (Lipinski definition) is 2. The van der Waals surface area contributed by atoms with Gasteiger partial charge in [-0.3, -0.25) is 4.79 Å². The molecule has 0 saturated heterocycles. The van der Waals surface area contributed by atoms with E-state index < -0.39 is 5.97 Å². The zero-order valence-electron chi connectivity index (χ0n) is 10.6. The van der Waals surface area contributed by atoms with Gasteiger partial charge in [0.1, 0.15) is 0 Å². The van der Waals surface area contributed by atoms with Crippen molar-refractivity contribution in [1.29, 1.82) is 0 Å². The molecule has 1 aliphatic rings. The van der Waals surface area contributed by atoms with Gasteiger partial charge in [0.25, 0.3) is 0 Å². The molecule has 6 heteroatoms. The van der Waals surface area contributed by atoms with Crippen LogP contribution in [0.4, 0.5) is 0 Å². The van der Waals surface area contributed by atoms with E-state index in [4.69, 9.17) is 9.63 Å². The molecule has 0 bridgehead atoms. The number of carboxylic acid groups (broad SMARTS) is 1. The lowest BCUT2D eigenvalue weighted by Gasteiger charge is -2.28. The summed E-state index contributed by atoms with van der Waals surface area (Å²) in [7, 11) is 0. The molecule has 1 aromatic heterocycles. The van der Waals surface area contributed by atoms with Crippen molar-refractivity contribution in [3.05, 3.63) is 11.7 Å². The molecule has 1 aliphatic carbocycles. The number of nitrogens with zero attached hydrogens (tertiary/aromatic N) is 2. The summed E-state index contributed by atoms with van der Waals surface area (Å²) < 4.78 is 4.99. The number of aromatic nitrogens is 2. The van der Waals surface area contributed by atoms with E-state index in [1.54, 1.807) is 6.92 Å². The van der Waals surface area contributed by atoms with Gasteiger partial charge in [-0.05, 0) is 32.2 Å². The molecule has 2 atom stereocenters. The van der Waals surface area contributed by atoms with Crippen molar-refractivity contribution in [2.45, 2.75) is 39.2 Å². The van der Waals surface area contributed by atoms with Gasteiger partial charge in [0.2, 0.25) is 5.89 Å². The van der Waals surface area contributed by atoms with E-state index in [-0.39, 0.29) is 11.8 Å². The first-order valence-electron chi connectivity index (χ1n) is 6.39. The van der Waals surface area contributed by atoms with Crippen LogP contribution < -0.4 is 5.32 Å². The predicted molar refractivity (Wildman–Crippen MR) is 63.8 cm³/mol. The molecule has 18 heavy (non-hydrogen) atoms. The number of carbonyl (C=O) groups is 1. The molecule has 1 saturated carbocycles. The Balaban J connectivity index is 1.79. The van der Waals surface area contributed by atoms with E-state index in [0.717, 1.165) is 25.7 Å². The highest BCUT2D eigenvalue weighted by Crippen LogP contribution is 2.29. The molecule has 2 unspecified atom stereocenters. The number of nitrogens with one attached hydrogen (secondary N) is 1. The number of aliphatic carboxylic acids is 1. The average molecular weight is 253 g/mol. The smallest absolute Gasteiger partial charge is 0.306 e. The number of aryl methyl sites for hydroxylation is 1. The second kappa shape index (κ2) is 5.95. The highest BCUT2D eigenvalue weighted by atomic mass is 16.5. The quantitative estimate of drug-likeness (QED) is 0.823. The highest BCUT2D eigenvalue weighted by molar-refractivity contribution is 5.70. The largest absolute Gasteiger partial charge is 0.481 e. The lowest BCUT2D eigenvalue weighted by atomic mass is 9.79. The first-order chi connectivity index (χ1) is 8.66. The molecule has 6 nitrogen and oxygen atoms in total. The van der Waals surface area contributed by atoms with Crippen molar-refractivity contribution in [3.63, 3.8) is 0 Å². The van der Waals surface area contributed by atoms with Crippen LogP contribution in [0.1, 0.15) is 37.4 Å². The molecule has 1 fully saturated rings. The number of rotatable bonds is 5. The zero-order chi connectivity index (χ0) is 13.0. The Labute approximate surface area is 106 Å². The van der Waals surface area contributed by atoms with Crippen LogP contribution in [0.2, 0.25) is 0 Å². The van der Waals surface area contributed by atoms with E-state index in [0.29, 0.717) is 24.8 Å². The van der Waals surface area contributed by atoms with E-state index in [1.165, 1.54) is 0 Å². The average Bonchev–Trinajstić information content (AvgIpc) is 2.75. The lowest BCUT2D eigenvalue weighted by Crippen LogP contribution is -2.34. The van der Waals surface area contributed by atoms with E-state index in [9.17, 15) is 4.79 Å². The first kappa shape index (κ1) is 13.0. The van der Waals surface area contributed by atoms with E-state index in [2.05, 4.69) is 15.5 Å². The molecule has 0 radical (unpaired) electrons. The van der Waals surface area contributed by atoms with Gasteiger partial charge in [-0.25, -0.2) is 0 Å². The topological polar surface area (TPSA) is 88.2 Å². The van der Waals surface area contributed by atoms with E-state index in [1.807, 2.05) is 0 Å². The maximum atomic E-state index is 11.1. The molecule has 0 aromatic carbocycles. The summed E-state index contributed by atoms with van der Waals surface area (Å²) >= 11 is 0. The normalized spacial score (nSPS) is 24.1. The highest BCUT2D eigenvalue weighted by Gasteiger charge is 2.30. The Morgan fingerprint density at radius 3 is 2.94 bits per heavy atom. The van der Waals surface area contributed by atoms with Crippen LogP contribution in [0.5, 0.6) is 0 Å². The summed E-state index contributed by atoms with van der Waals surface area (Å²) in [6.45, 7) is 2.97. The van der Waals surface area contributed by atoms with Gasteiger partial charge in [0.05, 0.1) is 12.5 Å². The summed E-state index contributed by atoms with van der Waals surface area (Å²) in [6, 6.07) is 0. The summed E-state index contributed by atoms with van der Waals surface area (Å²) in [6.07, 6.45) is 3.92. The molecule has 0 amide bonds. The predicted octanol–water partition coefficient (Wildman–Crippen LogP) is 1.36. The molecule has 1 aromatic rings. The Morgan fingerprint density at radius 2 is 2.28 bits per heavy atom. The summed E-state index contributed by atoms with van der Waals surface area (Å²) in [5, 5.41) is 16.1. The fraction of sp³-hybridized carbons (Fsp3) is 0.750. The maximum absolute atomic E-state index is 11.1. The van der Waals surface area contributed by atoms with Crippen LogP contribution in [0.3, 0.4) is 0 Å².